The average molecular weight is 294 g/mol. The molecule has 0 fully saturated rings. The van der Waals surface area contributed by atoms with Crippen molar-refractivity contribution in [2.75, 3.05) is 6.61 Å². The second-order valence-corrected chi connectivity index (χ2v) is 4.31. The lowest BCUT2D eigenvalue weighted by Crippen LogP contribution is -2.27. The summed E-state index contributed by atoms with van der Waals surface area (Å²) in [7, 11) is 0. The number of rotatable bonds is 7. The Labute approximate surface area is 114 Å². The molecule has 2 unspecified atom stereocenters. The van der Waals surface area contributed by atoms with Crippen LogP contribution < -0.4 is 0 Å². The van der Waals surface area contributed by atoms with Gasteiger partial charge in [0.25, 0.3) is 0 Å². The van der Waals surface area contributed by atoms with Crippen LogP contribution in [0.5, 0.6) is 0 Å². The molecule has 1 aromatic heterocycles. The van der Waals surface area contributed by atoms with Crippen LogP contribution in [0.25, 0.3) is 0 Å². The van der Waals surface area contributed by atoms with Gasteiger partial charge < -0.3 is 9.26 Å². The number of carbonyl (C=O) groups is 1. The first kappa shape index (κ1) is 16.6. The van der Waals surface area contributed by atoms with Crippen LogP contribution in [0.1, 0.15) is 57.3 Å². The van der Waals surface area contributed by atoms with E-state index in [0.29, 0.717) is 13.0 Å². The highest BCUT2D eigenvalue weighted by molar-refractivity contribution is 5.89. The van der Waals surface area contributed by atoms with Gasteiger partial charge in [0.2, 0.25) is 17.5 Å². The Morgan fingerprint density at radius 3 is 2.55 bits per heavy atom. The summed E-state index contributed by atoms with van der Waals surface area (Å²) in [5.74, 6) is -3.59. The van der Waals surface area contributed by atoms with Gasteiger partial charge in [0.1, 0.15) is 12.0 Å². The monoisotopic (exact) mass is 294 g/mol. The molecule has 0 aliphatic rings. The van der Waals surface area contributed by atoms with Crippen LogP contribution in [0.3, 0.4) is 0 Å². The molecular weight excluding hydrogens is 277 g/mol. The molecule has 20 heavy (non-hydrogen) atoms. The zero-order valence-electron chi connectivity index (χ0n) is 11.5. The minimum Gasteiger partial charge on any atom is -0.370 e. The molecule has 0 amide bonds. The van der Waals surface area contributed by atoms with Gasteiger partial charge in [0, 0.05) is 6.61 Å². The molecule has 0 saturated carbocycles. The Morgan fingerprint density at radius 2 is 2.05 bits per heavy atom. The van der Waals surface area contributed by atoms with Gasteiger partial charge in [-0.25, -0.2) is 0 Å². The van der Waals surface area contributed by atoms with Crippen molar-refractivity contribution in [1.82, 2.24) is 10.1 Å². The van der Waals surface area contributed by atoms with Crippen LogP contribution >= 0.6 is 0 Å². The minimum absolute atomic E-state index is 0.172. The molecule has 1 rings (SSSR count). The third kappa shape index (κ3) is 4.03. The van der Waals surface area contributed by atoms with E-state index in [1.807, 2.05) is 6.92 Å². The largest absolute Gasteiger partial charge is 0.450 e. The maximum Gasteiger partial charge on any atom is 0.450 e. The molecule has 8 heteroatoms. The average Bonchev–Trinajstić information content (AvgIpc) is 2.85. The smallest absolute Gasteiger partial charge is 0.370 e. The van der Waals surface area contributed by atoms with E-state index in [9.17, 15) is 18.0 Å². The SMILES string of the molecule is CCCC(OCC)c1noc(C(C)C(=O)C(F)(F)F)n1. The molecule has 0 N–H and O–H groups in total. The number of ether oxygens (including phenoxy) is 1. The summed E-state index contributed by atoms with van der Waals surface area (Å²) in [6, 6.07) is 0. The maximum atomic E-state index is 12.3. The Bertz CT molecular complexity index is 439. The first-order valence-electron chi connectivity index (χ1n) is 6.37. The number of alkyl halides is 3. The number of hydrogen-bond donors (Lipinski definition) is 0. The highest BCUT2D eigenvalue weighted by atomic mass is 19.4. The summed E-state index contributed by atoms with van der Waals surface area (Å²) < 4.78 is 47.1. The number of aromatic nitrogens is 2. The van der Waals surface area contributed by atoms with Crippen molar-refractivity contribution >= 4 is 5.78 Å². The van der Waals surface area contributed by atoms with Gasteiger partial charge in [0.05, 0.1) is 0 Å². The normalized spacial score (nSPS) is 15.1. The molecule has 0 aliphatic heterocycles. The first-order valence-corrected chi connectivity index (χ1v) is 6.37. The van der Waals surface area contributed by atoms with Crippen molar-refractivity contribution in [2.24, 2.45) is 0 Å². The van der Waals surface area contributed by atoms with E-state index in [1.54, 1.807) is 6.92 Å². The van der Waals surface area contributed by atoms with E-state index in [2.05, 4.69) is 10.1 Å². The highest BCUT2D eigenvalue weighted by Gasteiger charge is 2.44. The molecule has 1 aromatic rings. The van der Waals surface area contributed by atoms with Crippen LogP contribution in [0.4, 0.5) is 13.2 Å². The van der Waals surface area contributed by atoms with Crippen LogP contribution in [0.2, 0.25) is 0 Å². The van der Waals surface area contributed by atoms with Crippen molar-refractivity contribution in [3.63, 3.8) is 0 Å². The standard InChI is InChI=1S/C12H17F3N2O3/c1-4-6-8(19-5-2)10-16-11(20-17-10)7(3)9(18)12(13,14)15/h7-8H,4-6H2,1-3H3. The molecule has 0 aromatic carbocycles. The predicted octanol–water partition coefficient (Wildman–Crippen LogP) is 3.18. The van der Waals surface area contributed by atoms with Crippen LogP contribution in [-0.2, 0) is 9.53 Å². The van der Waals surface area contributed by atoms with Gasteiger partial charge in [0.15, 0.2) is 0 Å². The summed E-state index contributed by atoms with van der Waals surface area (Å²) in [6.07, 6.45) is -3.94. The van der Waals surface area contributed by atoms with E-state index >= 15 is 0 Å². The highest BCUT2D eigenvalue weighted by Crippen LogP contribution is 2.28. The molecule has 2 atom stereocenters. The predicted molar refractivity (Wildman–Crippen MR) is 63.1 cm³/mol. The second-order valence-electron chi connectivity index (χ2n) is 4.31. The second kappa shape index (κ2) is 6.83. The quantitative estimate of drug-likeness (QED) is 0.772. The van der Waals surface area contributed by atoms with Crippen molar-refractivity contribution in [3.05, 3.63) is 11.7 Å². The topological polar surface area (TPSA) is 65.2 Å². The molecule has 0 aliphatic carbocycles. The molecule has 0 spiro atoms. The van der Waals surface area contributed by atoms with Crippen LogP contribution in [0, 0.1) is 0 Å². The van der Waals surface area contributed by atoms with Crippen LogP contribution in [0.15, 0.2) is 4.52 Å². The number of carbonyl (C=O) groups excluding carboxylic acids is 1. The molecule has 1 heterocycles. The lowest BCUT2D eigenvalue weighted by Gasteiger charge is -2.11. The molecule has 0 saturated heterocycles. The summed E-state index contributed by atoms with van der Waals surface area (Å²) in [6.45, 7) is 5.23. The Morgan fingerprint density at radius 1 is 1.40 bits per heavy atom. The molecule has 0 bridgehead atoms. The van der Waals surface area contributed by atoms with Gasteiger partial charge >= 0.3 is 6.18 Å². The number of hydrogen-bond acceptors (Lipinski definition) is 5. The summed E-state index contributed by atoms with van der Waals surface area (Å²) in [5.41, 5.74) is 0. The maximum absolute atomic E-state index is 12.3. The summed E-state index contributed by atoms with van der Waals surface area (Å²) in [4.78, 5) is 15.0. The van der Waals surface area contributed by atoms with Gasteiger partial charge in [-0.3, -0.25) is 4.79 Å². The van der Waals surface area contributed by atoms with E-state index in [1.165, 1.54) is 0 Å². The third-order valence-electron chi connectivity index (χ3n) is 2.71. The fourth-order valence-electron chi connectivity index (χ4n) is 1.66. The lowest BCUT2D eigenvalue weighted by molar-refractivity contribution is -0.172. The minimum atomic E-state index is -4.92. The fourth-order valence-corrected chi connectivity index (χ4v) is 1.66. The molecule has 5 nitrogen and oxygen atoms in total. The number of Topliss-reactive ketones (excluding diaryl/α,β-unsaturated/α-hetero) is 1. The fraction of sp³-hybridized carbons (Fsp3) is 0.750. The van der Waals surface area contributed by atoms with Crippen molar-refractivity contribution in [2.45, 2.75) is 51.8 Å². The van der Waals surface area contributed by atoms with Crippen molar-refractivity contribution < 1.29 is 27.2 Å². The molecular formula is C12H17F3N2O3. The number of ketones is 1. The summed E-state index contributed by atoms with van der Waals surface area (Å²) in [5, 5.41) is 3.61. The van der Waals surface area contributed by atoms with Crippen LogP contribution in [-0.4, -0.2) is 28.7 Å². The molecule has 114 valence electrons. The van der Waals surface area contributed by atoms with Gasteiger partial charge in [-0.2, -0.15) is 18.2 Å². The van der Waals surface area contributed by atoms with Gasteiger partial charge in [-0.05, 0) is 20.3 Å². The zero-order valence-corrected chi connectivity index (χ0v) is 11.5. The Hall–Kier alpha value is -1.44. The van der Waals surface area contributed by atoms with E-state index < -0.39 is 24.0 Å². The van der Waals surface area contributed by atoms with Gasteiger partial charge in [-0.1, -0.05) is 18.5 Å². The number of nitrogens with zero attached hydrogens (tertiary/aromatic N) is 2. The first-order chi connectivity index (χ1) is 9.31. The third-order valence-corrected chi connectivity index (χ3v) is 2.71. The number of halogens is 3. The Balaban J connectivity index is 2.87. The van der Waals surface area contributed by atoms with Gasteiger partial charge in [-0.15, -0.1) is 0 Å². The van der Waals surface area contributed by atoms with E-state index in [4.69, 9.17) is 9.26 Å². The molecule has 0 radical (unpaired) electrons. The lowest BCUT2D eigenvalue weighted by atomic mass is 10.1. The van der Waals surface area contributed by atoms with E-state index in [0.717, 1.165) is 13.3 Å². The van der Waals surface area contributed by atoms with Crippen molar-refractivity contribution in [1.29, 1.82) is 0 Å². The van der Waals surface area contributed by atoms with Crippen molar-refractivity contribution in [3.8, 4) is 0 Å². The zero-order chi connectivity index (χ0) is 15.3. The summed E-state index contributed by atoms with van der Waals surface area (Å²) >= 11 is 0. The van der Waals surface area contributed by atoms with E-state index in [-0.39, 0.29) is 11.7 Å². The Kier molecular flexibility index (Phi) is 5.67.